The van der Waals surface area contributed by atoms with Crippen molar-refractivity contribution in [3.05, 3.63) is 27.7 Å². The first kappa shape index (κ1) is 9.61. The first-order valence-corrected chi connectivity index (χ1v) is 5.51. The van der Waals surface area contributed by atoms with Gasteiger partial charge in [0.05, 0.1) is 27.4 Å². The zero-order chi connectivity index (χ0) is 10.1. The van der Waals surface area contributed by atoms with Crippen molar-refractivity contribution in [1.29, 1.82) is 0 Å². The van der Waals surface area contributed by atoms with Crippen molar-refractivity contribution in [2.24, 2.45) is 0 Å². The van der Waals surface area contributed by atoms with Crippen LogP contribution in [-0.4, -0.2) is 18.1 Å². The number of hydrogen-bond acceptors (Lipinski definition) is 4. The topological polar surface area (TPSA) is 39.2 Å². The Hall–Kier alpha value is -0.940. The average Bonchev–Trinajstić information content (AvgIpc) is 2.66. The predicted molar refractivity (Wildman–Crippen MR) is 58.7 cm³/mol. The number of aromatic nitrogens is 1. The summed E-state index contributed by atoms with van der Waals surface area (Å²) < 4.78 is 6.36. The largest absolute Gasteiger partial charge is 0.465 e. The van der Waals surface area contributed by atoms with Crippen molar-refractivity contribution < 1.29 is 9.53 Å². The van der Waals surface area contributed by atoms with E-state index >= 15 is 0 Å². The molecule has 0 fully saturated rings. The van der Waals surface area contributed by atoms with E-state index < -0.39 is 0 Å². The molecule has 5 heteroatoms. The highest BCUT2D eigenvalue weighted by molar-refractivity contribution is 9.10. The fraction of sp³-hybridized carbons (Fsp3) is 0.111. The quantitative estimate of drug-likeness (QED) is 0.749. The fourth-order valence-electron chi connectivity index (χ4n) is 1.13. The maximum absolute atomic E-state index is 11.3. The molecule has 0 saturated carbocycles. The van der Waals surface area contributed by atoms with Crippen LogP contribution in [0.15, 0.2) is 22.1 Å². The molecule has 0 aliphatic rings. The van der Waals surface area contributed by atoms with Crippen LogP contribution in [0.25, 0.3) is 10.2 Å². The fourth-order valence-corrected chi connectivity index (χ4v) is 2.67. The van der Waals surface area contributed by atoms with E-state index in [1.54, 1.807) is 0 Å². The number of thiophene rings is 1. The molecule has 0 N–H and O–H groups in total. The third-order valence-corrected chi connectivity index (χ3v) is 3.83. The number of rotatable bonds is 1. The summed E-state index contributed by atoms with van der Waals surface area (Å²) in [4.78, 5) is 15.5. The molecular weight excluding hydrogens is 266 g/mol. The number of fused-ring (bicyclic) bond motifs is 1. The molecule has 2 aromatic heterocycles. The van der Waals surface area contributed by atoms with Crippen LogP contribution >= 0.6 is 27.3 Å². The Morgan fingerprint density at radius 3 is 3.14 bits per heavy atom. The van der Waals surface area contributed by atoms with E-state index in [4.69, 9.17) is 0 Å². The molecule has 0 spiro atoms. The average molecular weight is 272 g/mol. The van der Waals surface area contributed by atoms with Crippen LogP contribution in [0.4, 0.5) is 0 Å². The molecule has 0 unspecified atom stereocenters. The van der Waals surface area contributed by atoms with Gasteiger partial charge in [0.15, 0.2) is 0 Å². The van der Waals surface area contributed by atoms with Gasteiger partial charge in [0.1, 0.15) is 0 Å². The summed E-state index contributed by atoms with van der Waals surface area (Å²) in [6.45, 7) is 0. The minimum absolute atomic E-state index is 0.375. The van der Waals surface area contributed by atoms with E-state index in [-0.39, 0.29) is 5.97 Å². The summed E-state index contributed by atoms with van der Waals surface area (Å²) in [6.07, 6.45) is 1.52. The summed E-state index contributed by atoms with van der Waals surface area (Å²) in [7, 11) is 1.35. The molecule has 0 atom stereocenters. The Labute approximate surface area is 92.8 Å². The lowest BCUT2D eigenvalue weighted by molar-refractivity contribution is 0.0599. The number of nitrogens with zero attached hydrogens (tertiary/aromatic N) is 1. The Kier molecular flexibility index (Phi) is 2.52. The molecule has 0 aromatic carbocycles. The van der Waals surface area contributed by atoms with Gasteiger partial charge in [-0.1, -0.05) is 0 Å². The third-order valence-electron chi connectivity index (χ3n) is 1.82. The van der Waals surface area contributed by atoms with Gasteiger partial charge in [-0.05, 0) is 27.4 Å². The van der Waals surface area contributed by atoms with Gasteiger partial charge in [0.25, 0.3) is 0 Å². The molecular formula is C9H6BrNO2S. The van der Waals surface area contributed by atoms with Gasteiger partial charge in [-0.2, -0.15) is 0 Å². The lowest BCUT2D eigenvalue weighted by Gasteiger charge is -2.01. The van der Waals surface area contributed by atoms with Crippen LogP contribution in [0, 0.1) is 0 Å². The molecule has 0 saturated heterocycles. The molecule has 0 bridgehead atoms. The maximum atomic E-state index is 11.3. The molecule has 2 heterocycles. The summed E-state index contributed by atoms with van der Waals surface area (Å²) in [6, 6.07) is 1.91. The van der Waals surface area contributed by atoms with E-state index in [9.17, 15) is 4.79 Å². The van der Waals surface area contributed by atoms with Crippen LogP contribution in [0.1, 0.15) is 10.4 Å². The maximum Gasteiger partial charge on any atom is 0.340 e. The third kappa shape index (κ3) is 1.42. The molecule has 0 radical (unpaired) electrons. The number of esters is 1. The van der Waals surface area contributed by atoms with Crippen molar-refractivity contribution >= 4 is 43.5 Å². The lowest BCUT2D eigenvalue weighted by atomic mass is 10.3. The van der Waals surface area contributed by atoms with Crippen LogP contribution in [0.5, 0.6) is 0 Å². The van der Waals surface area contributed by atoms with E-state index in [0.717, 1.165) is 14.7 Å². The number of ether oxygens (including phenoxy) is 1. The number of methoxy groups -OCH3 is 1. The molecule has 0 aliphatic carbocycles. The Bertz CT molecular complexity index is 495. The highest BCUT2D eigenvalue weighted by atomic mass is 79.9. The Morgan fingerprint density at radius 1 is 1.64 bits per heavy atom. The van der Waals surface area contributed by atoms with Gasteiger partial charge in [0.2, 0.25) is 0 Å². The van der Waals surface area contributed by atoms with Gasteiger partial charge in [-0.25, -0.2) is 4.79 Å². The lowest BCUT2D eigenvalue weighted by Crippen LogP contribution is -2.02. The van der Waals surface area contributed by atoms with Crippen molar-refractivity contribution in [2.45, 2.75) is 0 Å². The van der Waals surface area contributed by atoms with Crippen molar-refractivity contribution in [3.63, 3.8) is 0 Å². The molecule has 2 rings (SSSR count). The molecule has 0 aliphatic heterocycles. The smallest absolute Gasteiger partial charge is 0.340 e. The molecule has 72 valence electrons. The summed E-state index contributed by atoms with van der Waals surface area (Å²) in [5.74, 6) is -0.375. The first-order chi connectivity index (χ1) is 6.74. The number of carbonyl (C=O) groups is 1. The Balaban J connectivity index is 2.67. The Morgan fingerprint density at radius 2 is 2.43 bits per heavy atom. The standard InChI is InChI=1S/C9H6BrNO2S/c1-13-9(12)5-4-11-6-2-3-14-8(6)7(5)10/h2-4H,1H3. The van der Waals surface area contributed by atoms with E-state index in [1.807, 2.05) is 11.4 Å². The first-order valence-electron chi connectivity index (χ1n) is 3.84. The second kappa shape index (κ2) is 3.67. The van der Waals surface area contributed by atoms with Crippen molar-refractivity contribution in [2.75, 3.05) is 7.11 Å². The zero-order valence-corrected chi connectivity index (χ0v) is 9.68. The summed E-state index contributed by atoms with van der Waals surface area (Å²) in [5.41, 5.74) is 1.34. The zero-order valence-electron chi connectivity index (χ0n) is 7.28. The second-order valence-electron chi connectivity index (χ2n) is 2.61. The van der Waals surface area contributed by atoms with Crippen LogP contribution in [0.2, 0.25) is 0 Å². The van der Waals surface area contributed by atoms with Crippen molar-refractivity contribution in [1.82, 2.24) is 4.98 Å². The number of halogens is 1. The van der Waals surface area contributed by atoms with Crippen molar-refractivity contribution in [3.8, 4) is 0 Å². The van der Waals surface area contributed by atoms with Gasteiger partial charge < -0.3 is 4.74 Å². The number of hydrogen-bond donors (Lipinski definition) is 0. The molecule has 0 amide bonds. The van der Waals surface area contributed by atoms with E-state index in [1.165, 1.54) is 24.6 Å². The van der Waals surface area contributed by atoms with Gasteiger partial charge in [0, 0.05) is 6.20 Å². The van der Waals surface area contributed by atoms with Crippen LogP contribution < -0.4 is 0 Å². The molecule has 14 heavy (non-hydrogen) atoms. The number of pyridine rings is 1. The van der Waals surface area contributed by atoms with E-state index in [0.29, 0.717) is 5.56 Å². The predicted octanol–water partition coefficient (Wildman–Crippen LogP) is 2.85. The molecule has 2 aromatic rings. The highest BCUT2D eigenvalue weighted by Crippen LogP contribution is 2.30. The van der Waals surface area contributed by atoms with Crippen LogP contribution in [0.3, 0.4) is 0 Å². The van der Waals surface area contributed by atoms with Gasteiger partial charge in [-0.15, -0.1) is 11.3 Å². The normalized spacial score (nSPS) is 10.4. The molecule has 3 nitrogen and oxygen atoms in total. The highest BCUT2D eigenvalue weighted by Gasteiger charge is 2.14. The van der Waals surface area contributed by atoms with E-state index in [2.05, 4.69) is 25.7 Å². The SMILES string of the molecule is COC(=O)c1cnc2ccsc2c1Br. The van der Waals surface area contributed by atoms with Crippen LogP contribution in [-0.2, 0) is 4.74 Å². The summed E-state index contributed by atoms with van der Waals surface area (Å²) in [5, 5.41) is 1.93. The monoisotopic (exact) mass is 271 g/mol. The van der Waals surface area contributed by atoms with Gasteiger partial charge in [-0.3, -0.25) is 4.98 Å². The van der Waals surface area contributed by atoms with Gasteiger partial charge >= 0.3 is 5.97 Å². The minimum atomic E-state index is -0.375. The minimum Gasteiger partial charge on any atom is -0.465 e. The second-order valence-corrected chi connectivity index (χ2v) is 4.32. The summed E-state index contributed by atoms with van der Waals surface area (Å²) >= 11 is 4.91. The number of carbonyl (C=O) groups excluding carboxylic acids is 1.